The van der Waals surface area contributed by atoms with Gasteiger partial charge in [-0.2, -0.15) is 0 Å². The molecular formula is C18H25N3O3. The molecule has 1 amide bonds. The molecule has 6 heteroatoms. The first-order valence-corrected chi connectivity index (χ1v) is 8.13. The van der Waals surface area contributed by atoms with E-state index in [4.69, 9.17) is 13.6 Å². The van der Waals surface area contributed by atoms with Crippen LogP contribution in [-0.4, -0.2) is 46.7 Å². The van der Waals surface area contributed by atoms with E-state index >= 15 is 0 Å². The summed E-state index contributed by atoms with van der Waals surface area (Å²) in [5.74, 6) is 0.474. The van der Waals surface area contributed by atoms with Gasteiger partial charge < -0.3 is 14.4 Å². The Balaban J connectivity index is 1.76. The molecule has 0 radical (unpaired) electrons. The van der Waals surface area contributed by atoms with Crippen molar-refractivity contribution in [2.45, 2.75) is 39.7 Å². The van der Waals surface area contributed by atoms with E-state index in [0.717, 1.165) is 5.57 Å². The van der Waals surface area contributed by atoms with E-state index in [2.05, 4.69) is 16.0 Å². The monoisotopic (exact) mass is 334 g/mol. The van der Waals surface area contributed by atoms with Gasteiger partial charge in [0.2, 0.25) is 5.88 Å². The van der Waals surface area contributed by atoms with Crippen LogP contribution in [0.2, 0.25) is 0 Å². The average Bonchev–Trinajstić information content (AvgIpc) is 3.04. The molecular weight excluding hydrogens is 306 g/mol. The first-order chi connectivity index (χ1) is 12.4. The van der Waals surface area contributed by atoms with Crippen LogP contribution < -0.4 is 4.74 Å². The zero-order chi connectivity index (χ0) is 20.0. The van der Waals surface area contributed by atoms with Crippen LogP contribution in [0.5, 0.6) is 5.88 Å². The van der Waals surface area contributed by atoms with Crippen molar-refractivity contribution in [1.29, 1.82) is 0 Å². The summed E-state index contributed by atoms with van der Waals surface area (Å²) in [6, 6.07) is 0. The topological polar surface area (TPSA) is 64.6 Å². The van der Waals surface area contributed by atoms with Crippen molar-refractivity contribution < 1.29 is 18.4 Å². The molecule has 1 aromatic rings. The number of fused-ring (bicyclic) bond motifs is 1. The minimum atomic E-state index is -2.58. The lowest BCUT2D eigenvalue weighted by molar-refractivity contribution is 0.0285. The molecule has 0 saturated carbocycles. The van der Waals surface area contributed by atoms with Crippen LogP contribution in [0.4, 0.5) is 4.79 Å². The molecule has 130 valence electrons. The van der Waals surface area contributed by atoms with Gasteiger partial charge >= 0.3 is 6.09 Å². The molecule has 1 aromatic heterocycles. The Hall–Kier alpha value is -2.11. The smallest absolute Gasteiger partial charge is 0.410 e. The van der Waals surface area contributed by atoms with Crippen LogP contribution in [0.25, 0.3) is 5.57 Å². The summed E-state index contributed by atoms with van der Waals surface area (Å²) in [5.41, 5.74) is 1.57. The number of nitrogens with zero attached hydrogens (tertiary/aromatic N) is 3. The molecule has 0 bridgehead atoms. The zero-order valence-electron chi connectivity index (χ0n) is 17.5. The lowest BCUT2D eigenvalue weighted by atomic mass is 9.99. The fourth-order valence-corrected chi connectivity index (χ4v) is 3.31. The Kier molecular flexibility index (Phi) is 3.34. The number of rotatable bonds is 2. The van der Waals surface area contributed by atoms with Gasteiger partial charge in [0.15, 0.2) is 0 Å². The lowest BCUT2D eigenvalue weighted by Crippen LogP contribution is -2.35. The van der Waals surface area contributed by atoms with Gasteiger partial charge in [-0.1, -0.05) is 6.08 Å². The molecule has 1 fully saturated rings. The van der Waals surface area contributed by atoms with Crippen molar-refractivity contribution in [3.63, 3.8) is 0 Å². The normalized spacial score (nSPS) is 25.4. The first kappa shape index (κ1) is 13.2. The van der Waals surface area contributed by atoms with E-state index in [0.29, 0.717) is 30.9 Å². The van der Waals surface area contributed by atoms with Gasteiger partial charge in [0.05, 0.1) is 23.0 Å². The third kappa shape index (κ3) is 3.37. The number of hydrogen-bond acceptors (Lipinski definition) is 5. The summed E-state index contributed by atoms with van der Waals surface area (Å²) in [6.07, 6.45) is 3.95. The highest BCUT2D eigenvalue weighted by Crippen LogP contribution is 2.42. The molecule has 2 aliphatic rings. The van der Waals surface area contributed by atoms with Crippen molar-refractivity contribution in [2.24, 2.45) is 11.8 Å². The van der Waals surface area contributed by atoms with Crippen molar-refractivity contribution in [3.8, 4) is 5.88 Å². The Morgan fingerprint density at radius 2 is 2.21 bits per heavy atom. The molecule has 2 heterocycles. The van der Waals surface area contributed by atoms with Crippen LogP contribution in [0, 0.1) is 18.8 Å². The number of allylic oxidation sites excluding steroid dienone is 1. The number of aryl methyl sites for hydroxylation is 1. The van der Waals surface area contributed by atoms with Crippen LogP contribution in [0.1, 0.15) is 42.7 Å². The summed E-state index contributed by atoms with van der Waals surface area (Å²) >= 11 is 0. The lowest BCUT2D eigenvalue weighted by Gasteiger charge is -2.24. The van der Waals surface area contributed by atoms with Gasteiger partial charge in [-0.15, -0.1) is 0 Å². The highest BCUT2D eigenvalue weighted by molar-refractivity contribution is 5.72. The van der Waals surface area contributed by atoms with E-state index in [1.54, 1.807) is 11.8 Å². The van der Waals surface area contributed by atoms with Gasteiger partial charge in [0.25, 0.3) is 0 Å². The SMILES string of the molecule is [2H]C([2H])([2H])Oc1ncc(C)nc1C1=CC2CN(C(=O)OC(C)(C)C)CC2C1. The van der Waals surface area contributed by atoms with Crippen LogP contribution in [-0.2, 0) is 4.74 Å². The second-order valence-corrected chi connectivity index (χ2v) is 7.47. The summed E-state index contributed by atoms with van der Waals surface area (Å²) < 4.78 is 32.5. The van der Waals surface area contributed by atoms with Crippen molar-refractivity contribution in [3.05, 3.63) is 23.7 Å². The standard InChI is InChI=1S/C18H25N3O3/c1-11-8-19-16(23-5)15(20-11)12-6-13-9-21(10-14(13)7-12)17(22)24-18(2,3)4/h6,8,13-14H,7,9-10H2,1-5H3/i5D3. The molecule has 0 spiro atoms. The molecule has 0 aromatic carbocycles. The predicted molar refractivity (Wildman–Crippen MR) is 90.7 cm³/mol. The Morgan fingerprint density at radius 1 is 1.42 bits per heavy atom. The quantitative estimate of drug-likeness (QED) is 0.831. The molecule has 1 aliphatic heterocycles. The third-order valence-corrected chi connectivity index (χ3v) is 4.30. The predicted octanol–water partition coefficient (Wildman–Crippen LogP) is 3.06. The Labute approximate surface area is 147 Å². The fourth-order valence-electron chi connectivity index (χ4n) is 3.31. The maximum Gasteiger partial charge on any atom is 0.410 e. The van der Waals surface area contributed by atoms with E-state index in [1.807, 2.05) is 20.8 Å². The van der Waals surface area contributed by atoms with Crippen LogP contribution in [0.15, 0.2) is 12.3 Å². The van der Waals surface area contributed by atoms with Crippen molar-refractivity contribution in [2.75, 3.05) is 20.1 Å². The van der Waals surface area contributed by atoms with Gasteiger partial charge in [-0.05, 0) is 45.6 Å². The van der Waals surface area contributed by atoms with Gasteiger partial charge in [0.1, 0.15) is 11.3 Å². The van der Waals surface area contributed by atoms with Crippen molar-refractivity contribution in [1.82, 2.24) is 14.9 Å². The second-order valence-electron chi connectivity index (χ2n) is 7.47. The number of amides is 1. The van der Waals surface area contributed by atoms with Crippen LogP contribution in [0.3, 0.4) is 0 Å². The number of hydrogen-bond donors (Lipinski definition) is 0. The van der Waals surface area contributed by atoms with Gasteiger partial charge in [0, 0.05) is 19.0 Å². The number of aromatic nitrogens is 2. The van der Waals surface area contributed by atoms with E-state index in [-0.39, 0.29) is 23.8 Å². The van der Waals surface area contributed by atoms with E-state index in [9.17, 15) is 4.79 Å². The minimum Gasteiger partial charge on any atom is -0.479 e. The number of carbonyl (C=O) groups excluding carboxylic acids is 1. The summed E-state index contributed by atoms with van der Waals surface area (Å²) in [6.45, 7) is 8.54. The largest absolute Gasteiger partial charge is 0.479 e. The maximum atomic E-state index is 12.3. The van der Waals surface area contributed by atoms with Gasteiger partial charge in [-0.25, -0.2) is 14.8 Å². The average molecular weight is 334 g/mol. The zero-order valence-corrected chi connectivity index (χ0v) is 14.5. The summed E-state index contributed by atoms with van der Waals surface area (Å²) in [7, 11) is -2.58. The highest BCUT2D eigenvalue weighted by atomic mass is 16.6. The highest BCUT2D eigenvalue weighted by Gasteiger charge is 2.40. The maximum absolute atomic E-state index is 12.3. The van der Waals surface area contributed by atoms with E-state index < -0.39 is 12.6 Å². The number of ether oxygens (including phenoxy) is 2. The molecule has 2 unspecified atom stereocenters. The molecule has 24 heavy (non-hydrogen) atoms. The Bertz CT molecular complexity index is 771. The number of likely N-dealkylation sites (tertiary alicyclic amines) is 1. The minimum absolute atomic E-state index is 0.0239. The first-order valence-electron chi connectivity index (χ1n) is 9.63. The van der Waals surface area contributed by atoms with Gasteiger partial charge in [-0.3, -0.25) is 0 Å². The molecule has 0 N–H and O–H groups in total. The molecule has 2 atom stereocenters. The molecule has 3 rings (SSSR count). The van der Waals surface area contributed by atoms with E-state index in [1.165, 1.54) is 6.20 Å². The second kappa shape index (κ2) is 6.07. The Morgan fingerprint density at radius 3 is 2.88 bits per heavy atom. The fraction of sp³-hybridized carbons (Fsp3) is 0.611. The molecule has 1 saturated heterocycles. The summed E-state index contributed by atoms with van der Waals surface area (Å²) in [5, 5.41) is 0. The van der Waals surface area contributed by atoms with Crippen molar-refractivity contribution >= 4 is 11.7 Å². The molecule has 1 aliphatic carbocycles. The molecule has 6 nitrogen and oxygen atoms in total. The van der Waals surface area contributed by atoms with Crippen LogP contribution >= 0.6 is 0 Å². The number of methoxy groups -OCH3 is 1. The third-order valence-electron chi connectivity index (χ3n) is 4.30. The number of carbonyl (C=O) groups is 1. The summed E-state index contributed by atoms with van der Waals surface area (Å²) in [4.78, 5) is 22.6.